The average molecular weight is 103 g/mol. The van der Waals surface area contributed by atoms with E-state index in [0.29, 0.717) is 0 Å². The van der Waals surface area contributed by atoms with Crippen LogP contribution in [0.5, 0.6) is 0 Å². The van der Waals surface area contributed by atoms with Crippen molar-refractivity contribution < 1.29 is 5.21 Å². The van der Waals surface area contributed by atoms with E-state index in [1.807, 2.05) is 6.92 Å². The number of hydroxylamine groups is 1. The molecule has 0 radical (unpaired) electrons. The van der Waals surface area contributed by atoms with Gasteiger partial charge in [0.25, 0.3) is 0 Å². The maximum atomic E-state index is 8.22. The van der Waals surface area contributed by atoms with Crippen LogP contribution >= 0.6 is 0 Å². The highest BCUT2D eigenvalue weighted by Crippen LogP contribution is 1.91. The van der Waals surface area contributed by atoms with E-state index in [-0.39, 0.29) is 6.04 Å². The van der Waals surface area contributed by atoms with E-state index in [9.17, 15) is 0 Å². The highest BCUT2D eigenvalue weighted by molar-refractivity contribution is 4.49. The largest absolute Gasteiger partial charge is 0.317 e. The fourth-order valence-electron chi connectivity index (χ4n) is 0.498. The van der Waals surface area contributed by atoms with Crippen LogP contribution in [0.25, 0.3) is 0 Å². The summed E-state index contributed by atoms with van der Waals surface area (Å²) in [6, 6.07) is 0.255. The molecule has 0 rings (SSSR count). The summed E-state index contributed by atoms with van der Waals surface area (Å²) in [6.45, 7) is 4.04. The standard InChI is InChI=1S/C5H13NO/c1-3-4-5(2)6-7/h5-7H,3-4H2,1-2H3/t5-/m1/s1. The molecule has 0 heterocycles. The third-order valence-electron chi connectivity index (χ3n) is 0.942. The molecule has 2 heteroatoms. The molecule has 0 aliphatic rings. The lowest BCUT2D eigenvalue weighted by Gasteiger charge is -2.03. The minimum atomic E-state index is 0.255. The molecule has 0 amide bonds. The lowest BCUT2D eigenvalue weighted by Crippen LogP contribution is -2.20. The van der Waals surface area contributed by atoms with E-state index in [4.69, 9.17) is 5.21 Å². The van der Waals surface area contributed by atoms with Gasteiger partial charge < -0.3 is 5.21 Å². The zero-order chi connectivity index (χ0) is 5.70. The summed E-state index contributed by atoms with van der Waals surface area (Å²) < 4.78 is 0. The van der Waals surface area contributed by atoms with Crippen LogP contribution < -0.4 is 5.48 Å². The lowest BCUT2D eigenvalue weighted by atomic mass is 10.2. The second-order valence-corrected chi connectivity index (χ2v) is 1.82. The van der Waals surface area contributed by atoms with Crippen molar-refractivity contribution >= 4 is 0 Å². The summed E-state index contributed by atoms with van der Waals surface area (Å²) in [5.74, 6) is 0. The van der Waals surface area contributed by atoms with Crippen LogP contribution in [0.2, 0.25) is 0 Å². The third kappa shape index (κ3) is 3.76. The molecule has 2 N–H and O–H groups in total. The van der Waals surface area contributed by atoms with Gasteiger partial charge in [0.2, 0.25) is 0 Å². The van der Waals surface area contributed by atoms with Crippen LogP contribution in [0, 0.1) is 0 Å². The molecule has 0 aromatic rings. The molecular weight excluding hydrogens is 90.1 g/mol. The van der Waals surface area contributed by atoms with Crippen molar-refractivity contribution in [1.82, 2.24) is 5.48 Å². The Morgan fingerprint density at radius 2 is 2.29 bits per heavy atom. The Balaban J connectivity index is 2.83. The first-order chi connectivity index (χ1) is 3.31. The second kappa shape index (κ2) is 4.09. The summed E-state index contributed by atoms with van der Waals surface area (Å²) in [5.41, 5.74) is 2.17. The Morgan fingerprint density at radius 1 is 1.71 bits per heavy atom. The Hall–Kier alpha value is -0.0800. The lowest BCUT2D eigenvalue weighted by molar-refractivity contribution is 0.128. The normalized spacial score (nSPS) is 14.1. The van der Waals surface area contributed by atoms with Gasteiger partial charge in [-0.1, -0.05) is 13.3 Å². The Bertz CT molecular complexity index is 39.1. The first kappa shape index (κ1) is 6.92. The first-order valence-corrected chi connectivity index (χ1v) is 2.70. The van der Waals surface area contributed by atoms with E-state index in [1.165, 1.54) is 0 Å². The molecule has 0 aromatic heterocycles. The number of nitrogens with one attached hydrogen (secondary N) is 1. The van der Waals surface area contributed by atoms with Crippen molar-refractivity contribution in [2.75, 3.05) is 0 Å². The molecule has 44 valence electrons. The minimum Gasteiger partial charge on any atom is -0.317 e. The summed E-state index contributed by atoms with van der Waals surface area (Å²) >= 11 is 0. The molecule has 0 fully saturated rings. The molecule has 2 nitrogen and oxygen atoms in total. The Kier molecular flexibility index (Phi) is 4.04. The molecule has 0 spiro atoms. The highest BCUT2D eigenvalue weighted by atomic mass is 16.5. The van der Waals surface area contributed by atoms with Crippen molar-refractivity contribution in [1.29, 1.82) is 0 Å². The molecule has 0 aliphatic heterocycles. The number of hydrogen-bond donors (Lipinski definition) is 2. The van der Waals surface area contributed by atoms with Crippen LogP contribution in [0.3, 0.4) is 0 Å². The number of hydrogen-bond acceptors (Lipinski definition) is 2. The monoisotopic (exact) mass is 103 g/mol. The minimum absolute atomic E-state index is 0.255. The Labute approximate surface area is 44.5 Å². The topological polar surface area (TPSA) is 32.3 Å². The molecule has 0 saturated heterocycles. The molecule has 0 aliphatic carbocycles. The van der Waals surface area contributed by atoms with E-state index in [1.54, 1.807) is 0 Å². The summed E-state index contributed by atoms with van der Waals surface area (Å²) in [4.78, 5) is 0. The van der Waals surface area contributed by atoms with Gasteiger partial charge >= 0.3 is 0 Å². The van der Waals surface area contributed by atoms with Crippen LogP contribution in [-0.2, 0) is 0 Å². The van der Waals surface area contributed by atoms with Gasteiger partial charge in [0.1, 0.15) is 0 Å². The van der Waals surface area contributed by atoms with E-state index in [2.05, 4.69) is 12.4 Å². The van der Waals surface area contributed by atoms with Crippen molar-refractivity contribution in [3.05, 3.63) is 0 Å². The summed E-state index contributed by atoms with van der Waals surface area (Å²) in [7, 11) is 0. The predicted molar refractivity (Wildman–Crippen MR) is 29.3 cm³/mol. The summed E-state index contributed by atoms with van der Waals surface area (Å²) in [6.07, 6.45) is 2.16. The molecule has 0 saturated carbocycles. The second-order valence-electron chi connectivity index (χ2n) is 1.82. The molecular formula is C5H13NO. The van der Waals surface area contributed by atoms with Crippen LogP contribution in [0.1, 0.15) is 26.7 Å². The van der Waals surface area contributed by atoms with Gasteiger partial charge in [0.05, 0.1) is 0 Å². The van der Waals surface area contributed by atoms with Gasteiger partial charge in [-0.25, -0.2) is 5.48 Å². The third-order valence-corrected chi connectivity index (χ3v) is 0.942. The quantitative estimate of drug-likeness (QED) is 0.525. The van der Waals surface area contributed by atoms with Gasteiger partial charge in [0, 0.05) is 6.04 Å². The van der Waals surface area contributed by atoms with Crippen molar-refractivity contribution in [3.63, 3.8) is 0 Å². The van der Waals surface area contributed by atoms with Gasteiger partial charge in [-0.3, -0.25) is 0 Å². The van der Waals surface area contributed by atoms with Crippen molar-refractivity contribution in [3.8, 4) is 0 Å². The zero-order valence-corrected chi connectivity index (χ0v) is 4.94. The molecule has 0 unspecified atom stereocenters. The van der Waals surface area contributed by atoms with Gasteiger partial charge in [0.15, 0.2) is 0 Å². The SMILES string of the molecule is CCC[C@@H](C)NO. The maximum Gasteiger partial charge on any atom is 0.0291 e. The smallest absolute Gasteiger partial charge is 0.0291 e. The predicted octanol–water partition coefficient (Wildman–Crippen LogP) is 1.15. The Morgan fingerprint density at radius 3 is 2.43 bits per heavy atom. The van der Waals surface area contributed by atoms with Gasteiger partial charge in [-0.2, -0.15) is 0 Å². The number of rotatable bonds is 3. The average Bonchev–Trinajstić information content (AvgIpc) is 1.68. The van der Waals surface area contributed by atoms with Gasteiger partial charge in [-0.15, -0.1) is 0 Å². The fraction of sp³-hybridized carbons (Fsp3) is 1.00. The van der Waals surface area contributed by atoms with Crippen LogP contribution in [0.15, 0.2) is 0 Å². The van der Waals surface area contributed by atoms with Crippen molar-refractivity contribution in [2.45, 2.75) is 32.7 Å². The molecule has 0 bridgehead atoms. The van der Waals surface area contributed by atoms with E-state index in [0.717, 1.165) is 12.8 Å². The highest BCUT2D eigenvalue weighted by Gasteiger charge is 1.92. The molecule has 0 aromatic carbocycles. The van der Waals surface area contributed by atoms with E-state index < -0.39 is 0 Å². The molecule has 7 heavy (non-hydrogen) atoms. The zero-order valence-electron chi connectivity index (χ0n) is 4.94. The fourth-order valence-corrected chi connectivity index (χ4v) is 0.498. The molecule has 1 atom stereocenters. The van der Waals surface area contributed by atoms with Crippen LogP contribution in [0.4, 0.5) is 0 Å². The maximum absolute atomic E-state index is 8.22. The van der Waals surface area contributed by atoms with Gasteiger partial charge in [-0.05, 0) is 13.3 Å². The summed E-state index contributed by atoms with van der Waals surface area (Å²) in [5, 5.41) is 8.22. The first-order valence-electron chi connectivity index (χ1n) is 2.70. The van der Waals surface area contributed by atoms with E-state index >= 15 is 0 Å². The van der Waals surface area contributed by atoms with Crippen LogP contribution in [-0.4, -0.2) is 11.2 Å². The van der Waals surface area contributed by atoms with Crippen molar-refractivity contribution in [2.24, 2.45) is 0 Å².